The van der Waals surface area contributed by atoms with Crippen LogP contribution in [0.1, 0.15) is 31.7 Å². The second kappa shape index (κ2) is 10.7. The summed E-state index contributed by atoms with van der Waals surface area (Å²) in [6, 6.07) is 8.44. The van der Waals surface area contributed by atoms with E-state index in [4.69, 9.17) is 16.6 Å². The zero-order chi connectivity index (χ0) is 19.8. The molecular weight excluding hydrogens is 374 g/mol. The van der Waals surface area contributed by atoms with Crippen molar-refractivity contribution in [1.82, 2.24) is 20.4 Å². The van der Waals surface area contributed by atoms with Crippen LogP contribution in [0, 0.1) is 0 Å². The highest BCUT2D eigenvalue weighted by atomic mass is 35.5. The van der Waals surface area contributed by atoms with Gasteiger partial charge in [0.2, 0.25) is 5.91 Å². The highest BCUT2D eigenvalue weighted by Gasteiger charge is 2.25. The monoisotopic (exact) mass is 405 g/mol. The Morgan fingerprint density at radius 3 is 2.64 bits per heavy atom. The smallest absolute Gasteiger partial charge is 0.234 e. The lowest BCUT2D eigenvalue weighted by Gasteiger charge is -2.36. The van der Waals surface area contributed by atoms with Gasteiger partial charge in [-0.2, -0.15) is 0 Å². The number of hydrogen-bond donors (Lipinski definition) is 2. The van der Waals surface area contributed by atoms with Gasteiger partial charge in [0.25, 0.3) is 0 Å². The molecule has 0 atom stereocenters. The lowest BCUT2D eigenvalue weighted by atomic mass is 10.1. The maximum Gasteiger partial charge on any atom is 0.234 e. The molecule has 0 unspecified atom stereocenters. The summed E-state index contributed by atoms with van der Waals surface area (Å²) in [4.78, 5) is 21.3. The largest absolute Gasteiger partial charge is 0.357 e. The molecule has 1 aromatic carbocycles. The molecule has 2 N–H and O–H groups in total. The van der Waals surface area contributed by atoms with E-state index in [9.17, 15) is 4.79 Å². The Balaban J connectivity index is 1.42. The molecule has 0 bridgehead atoms. The van der Waals surface area contributed by atoms with Crippen molar-refractivity contribution in [2.75, 3.05) is 45.8 Å². The lowest BCUT2D eigenvalue weighted by Crippen LogP contribution is -2.54. The van der Waals surface area contributed by atoms with Crippen LogP contribution >= 0.6 is 11.6 Å². The first-order chi connectivity index (χ1) is 13.7. The van der Waals surface area contributed by atoms with E-state index >= 15 is 0 Å². The summed E-state index contributed by atoms with van der Waals surface area (Å²) in [6.45, 7) is 7.81. The number of benzene rings is 1. The Labute approximate surface area is 173 Å². The van der Waals surface area contributed by atoms with Gasteiger partial charge in [-0.05, 0) is 44.2 Å². The van der Waals surface area contributed by atoms with Crippen molar-refractivity contribution in [3.05, 3.63) is 34.9 Å². The number of amides is 1. The first kappa shape index (κ1) is 20.9. The lowest BCUT2D eigenvalue weighted by molar-refractivity contribution is -0.122. The Kier molecular flexibility index (Phi) is 7.98. The van der Waals surface area contributed by atoms with E-state index in [1.165, 1.54) is 5.56 Å². The van der Waals surface area contributed by atoms with Gasteiger partial charge in [0.05, 0.1) is 6.54 Å². The molecule has 1 heterocycles. The summed E-state index contributed by atoms with van der Waals surface area (Å²) in [5.41, 5.74) is 1.18. The van der Waals surface area contributed by atoms with Gasteiger partial charge >= 0.3 is 0 Å². The van der Waals surface area contributed by atoms with Gasteiger partial charge in [0, 0.05) is 50.3 Å². The third-order valence-electron chi connectivity index (χ3n) is 5.14. The molecule has 154 valence electrons. The number of rotatable bonds is 8. The summed E-state index contributed by atoms with van der Waals surface area (Å²) in [7, 11) is 0. The molecular formula is C21H32ClN5O. The molecule has 1 aliphatic carbocycles. The SMILES string of the molecule is CCNC(=NCCCc1ccccc1Cl)N1CCN(CC(=O)NC2CC2)CC1. The summed E-state index contributed by atoms with van der Waals surface area (Å²) in [6.07, 6.45) is 4.18. The van der Waals surface area contributed by atoms with E-state index < -0.39 is 0 Å². The predicted molar refractivity (Wildman–Crippen MR) is 115 cm³/mol. The van der Waals surface area contributed by atoms with Crippen molar-refractivity contribution in [2.24, 2.45) is 4.99 Å². The summed E-state index contributed by atoms with van der Waals surface area (Å²) >= 11 is 6.23. The molecule has 6 nitrogen and oxygen atoms in total. The Hall–Kier alpha value is -1.79. The number of carbonyl (C=O) groups is 1. The summed E-state index contributed by atoms with van der Waals surface area (Å²) < 4.78 is 0. The van der Waals surface area contributed by atoms with Crippen molar-refractivity contribution < 1.29 is 4.79 Å². The minimum atomic E-state index is 0.163. The second-order valence-electron chi connectivity index (χ2n) is 7.54. The number of piperazine rings is 1. The van der Waals surface area contributed by atoms with Crippen LogP contribution in [0.2, 0.25) is 5.02 Å². The van der Waals surface area contributed by atoms with E-state index in [1.54, 1.807) is 0 Å². The minimum absolute atomic E-state index is 0.163. The van der Waals surface area contributed by atoms with Gasteiger partial charge in [0.15, 0.2) is 5.96 Å². The number of nitrogens with one attached hydrogen (secondary N) is 2. The number of halogens is 1. The Bertz CT molecular complexity index is 669. The molecule has 7 heteroatoms. The van der Waals surface area contributed by atoms with Gasteiger partial charge in [-0.3, -0.25) is 14.7 Å². The maximum atomic E-state index is 12.0. The van der Waals surface area contributed by atoms with E-state index in [0.717, 1.165) is 75.9 Å². The first-order valence-electron chi connectivity index (χ1n) is 10.4. The standard InChI is InChI=1S/C21H32ClN5O/c1-2-23-21(24-11-5-7-17-6-3-4-8-19(17)22)27-14-12-26(13-15-27)16-20(28)25-18-9-10-18/h3-4,6,8,18H,2,5,7,9-16H2,1H3,(H,23,24)(H,25,28). The fourth-order valence-electron chi connectivity index (χ4n) is 3.40. The summed E-state index contributed by atoms with van der Waals surface area (Å²) in [5, 5.41) is 7.31. The number of aryl methyl sites for hydroxylation is 1. The van der Waals surface area contributed by atoms with Crippen LogP contribution < -0.4 is 10.6 Å². The zero-order valence-electron chi connectivity index (χ0n) is 16.8. The first-order valence-corrected chi connectivity index (χ1v) is 10.8. The zero-order valence-corrected chi connectivity index (χ0v) is 17.5. The van der Waals surface area contributed by atoms with Gasteiger partial charge in [-0.25, -0.2) is 0 Å². The molecule has 1 aliphatic heterocycles. The van der Waals surface area contributed by atoms with E-state index in [2.05, 4.69) is 33.4 Å². The molecule has 1 saturated carbocycles. The Morgan fingerprint density at radius 1 is 1.21 bits per heavy atom. The normalized spacial score (nSPS) is 18.2. The van der Waals surface area contributed by atoms with E-state index in [1.807, 2.05) is 18.2 Å². The molecule has 2 aliphatic rings. The van der Waals surface area contributed by atoms with Gasteiger partial charge in [0.1, 0.15) is 0 Å². The average molecular weight is 406 g/mol. The second-order valence-corrected chi connectivity index (χ2v) is 7.94. The van der Waals surface area contributed by atoms with Crippen molar-refractivity contribution in [3.63, 3.8) is 0 Å². The molecule has 0 radical (unpaired) electrons. The van der Waals surface area contributed by atoms with Gasteiger partial charge < -0.3 is 15.5 Å². The predicted octanol–water partition coefficient (Wildman–Crippen LogP) is 2.13. The average Bonchev–Trinajstić information content (AvgIpc) is 3.50. The van der Waals surface area contributed by atoms with Crippen molar-refractivity contribution in [2.45, 2.75) is 38.6 Å². The van der Waals surface area contributed by atoms with Crippen LogP contribution in [0.3, 0.4) is 0 Å². The topological polar surface area (TPSA) is 60.0 Å². The van der Waals surface area contributed by atoms with Gasteiger partial charge in [-0.15, -0.1) is 0 Å². The molecule has 0 aromatic heterocycles. The molecule has 28 heavy (non-hydrogen) atoms. The molecule has 1 aromatic rings. The molecule has 3 rings (SSSR count). The van der Waals surface area contributed by atoms with Crippen LogP contribution in [0.25, 0.3) is 0 Å². The molecule has 2 fully saturated rings. The van der Waals surface area contributed by atoms with Crippen molar-refractivity contribution in [1.29, 1.82) is 0 Å². The van der Waals surface area contributed by atoms with E-state index in [-0.39, 0.29) is 5.91 Å². The number of guanidine groups is 1. The van der Waals surface area contributed by atoms with Crippen molar-refractivity contribution >= 4 is 23.5 Å². The number of hydrogen-bond acceptors (Lipinski definition) is 3. The quantitative estimate of drug-likeness (QED) is 0.395. The van der Waals surface area contributed by atoms with Crippen LogP contribution in [-0.2, 0) is 11.2 Å². The molecule has 0 spiro atoms. The highest BCUT2D eigenvalue weighted by Crippen LogP contribution is 2.18. The van der Waals surface area contributed by atoms with Crippen LogP contribution in [0.5, 0.6) is 0 Å². The number of carbonyl (C=O) groups excluding carboxylic acids is 1. The van der Waals surface area contributed by atoms with E-state index in [0.29, 0.717) is 12.6 Å². The molecule has 1 saturated heterocycles. The highest BCUT2D eigenvalue weighted by molar-refractivity contribution is 6.31. The van der Waals surface area contributed by atoms with Crippen LogP contribution in [0.15, 0.2) is 29.3 Å². The van der Waals surface area contributed by atoms with Crippen LogP contribution in [-0.4, -0.2) is 73.5 Å². The Morgan fingerprint density at radius 2 is 1.96 bits per heavy atom. The van der Waals surface area contributed by atoms with Crippen molar-refractivity contribution in [3.8, 4) is 0 Å². The molecule has 1 amide bonds. The van der Waals surface area contributed by atoms with Gasteiger partial charge in [-0.1, -0.05) is 29.8 Å². The number of nitrogens with zero attached hydrogens (tertiary/aromatic N) is 3. The number of aliphatic imine (C=N–C) groups is 1. The fraction of sp³-hybridized carbons (Fsp3) is 0.619. The fourth-order valence-corrected chi connectivity index (χ4v) is 3.63. The minimum Gasteiger partial charge on any atom is -0.357 e. The third kappa shape index (κ3) is 6.67. The summed E-state index contributed by atoms with van der Waals surface area (Å²) in [5.74, 6) is 1.14. The van der Waals surface area contributed by atoms with Crippen LogP contribution in [0.4, 0.5) is 0 Å². The maximum absolute atomic E-state index is 12.0. The third-order valence-corrected chi connectivity index (χ3v) is 5.51.